The predicted octanol–water partition coefficient (Wildman–Crippen LogP) is -3.21. The summed E-state index contributed by atoms with van der Waals surface area (Å²) < 4.78 is 0. The van der Waals surface area contributed by atoms with Crippen LogP contribution in [0.15, 0.2) is 24.3 Å². The van der Waals surface area contributed by atoms with Gasteiger partial charge in [-0.05, 0) is 24.1 Å². The minimum atomic E-state index is -1.15. The molecule has 3 heterocycles. The number of carbonyl (C=O) groups is 3. The summed E-state index contributed by atoms with van der Waals surface area (Å²) in [6.45, 7) is 8.03. The van der Waals surface area contributed by atoms with Crippen LogP contribution >= 0.6 is 0 Å². The smallest absolute Gasteiger partial charge is 0.326 e. The van der Waals surface area contributed by atoms with Crippen molar-refractivity contribution >= 4 is 17.8 Å². The van der Waals surface area contributed by atoms with Gasteiger partial charge in [-0.2, -0.15) is 0 Å². The molecular formula is C28H49N9O5. The van der Waals surface area contributed by atoms with Crippen LogP contribution in [0.1, 0.15) is 24.8 Å². The molecule has 0 unspecified atom stereocenters. The zero-order valence-electron chi connectivity index (χ0n) is 24.4. The SMILES string of the molecule is NC12CNCCNCC(NC(=O)CCCC(=O)N[C@@H](Cc3ccc(O)cc3)C(=O)O)(CNCCNC1)CNCCNC2. The summed E-state index contributed by atoms with van der Waals surface area (Å²) in [7, 11) is 0. The zero-order valence-corrected chi connectivity index (χ0v) is 24.4. The number of carboxylic acids is 1. The van der Waals surface area contributed by atoms with Crippen molar-refractivity contribution in [2.75, 3.05) is 78.5 Å². The van der Waals surface area contributed by atoms with Gasteiger partial charge in [-0.1, -0.05) is 12.1 Å². The molecule has 0 saturated carbocycles. The van der Waals surface area contributed by atoms with Gasteiger partial charge < -0.3 is 58.5 Å². The Morgan fingerprint density at radius 1 is 0.762 bits per heavy atom. The Hall–Kier alpha value is -2.85. The van der Waals surface area contributed by atoms with E-state index in [1.54, 1.807) is 12.1 Å². The fourth-order valence-corrected chi connectivity index (χ4v) is 5.13. The third-order valence-electron chi connectivity index (χ3n) is 7.48. The minimum absolute atomic E-state index is 0.0279. The Morgan fingerprint density at radius 2 is 1.21 bits per heavy atom. The molecule has 0 radical (unpaired) electrons. The molecule has 3 fully saturated rings. The minimum Gasteiger partial charge on any atom is -0.508 e. The van der Waals surface area contributed by atoms with Gasteiger partial charge in [0.05, 0.1) is 11.1 Å². The molecule has 0 aromatic heterocycles. The normalized spacial score (nSPS) is 25.5. The van der Waals surface area contributed by atoms with Crippen molar-refractivity contribution in [1.82, 2.24) is 42.5 Å². The van der Waals surface area contributed by atoms with Crippen molar-refractivity contribution in [3.63, 3.8) is 0 Å². The first-order valence-corrected chi connectivity index (χ1v) is 14.8. The van der Waals surface area contributed by atoms with Crippen molar-refractivity contribution < 1.29 is 24.6 Å². The lowest BCUT2D eigenvalue weighted by Crippen LogP contribution is -2.67. The molecule has 0 spiro atoms. The number of hydrogen-bond donors (Lipinski definition) is 11. The van der Waals surface area contributed by atoms with Gasteiger partial charge >= 0.3 is 5.97 Å². The van der Waals surface area contributed by atoms with Crippen molar-refractivity contribution in [2.45, 2.75) is 42.8 Å². The van der Waals surface area contributed by atoms with E-state index in [0.29, 0.717) is 64.5 Å². The van der Waals surface area contributed by atoms with Crippen LogP contribution in [-0.4, -0.2) is 124 Å². The quantitative estimate of drug-likeness (QED) is 0.137. The van der Waals surface area contributed by atoms with Crippen LogP contribution in [0.4, 0.5) is 0 Å². The van der Waals surface area contributed by atoms with Crippen molar-refractivity contribution in [3.8, 4) is 5.75 Å². The molecule has 1 atom stereocenters. The number of phenols is 1. The Bertz CT molecular complexity index is 951. The van der Waals surface area contributed by atoms with E-state index in [1.807, 2.05) is 0 Å². The molecule has 4 rings (SSSR count). The second-order valence-corrected chi connectivity index (χ2v) is 11.4. The summed E-state index contributed by atoms with van der Waals surface area (Å²) >= 11 is 0. The second kappa shape index (κ2) is 17.3. The number of fused-ring (bicyclic) bond motifs is 15. The van der Waals surface area contributed by atoms with E-state index in [9.17, 15) is 24.6 Å². The van der Waals surface area contributed by atoms with Gasteiger partial charge in [0.1, 0.15) is 11.8 Å². The highest BCUT2D eigenvalue weighted by molar-refractivity contribution is 5.84. The van der Waals surface area contributed by atoms with Crippen molar-refractivity contribution in [2.24, 2.45) is 5.73 Å². The molecule has 14 nitrogen and oxygen atoms in total. The summed E-state index contributed by atoms with van der Waals surface area (Å²) in [4.78, 5) is 37.3. The third-order valence-corrected chi connectivity index (χ3v) is 7.48. The average Bonchev–Trinajstić information content (AvgIpc) is 2.94. The molecule has 3 aliphatic heterocycles. The molecule has 14 heteroatoms. The first-order chi connectivity index (χ1) is 20.2. The number of nitrogens with one attached hydrogen (secondary N) is 8. The van der Waals surface area contributed by atoms with Gasteiger partial charge in [-0.25, -0.2) is 4.79 Å². The topological polar surface area (TPSA) is 214 Å². The second-order valence-electron chi connectivity index (χ2n) is 11.4. The molecule has 42 heavy (non-hydrogen) atoms. The number of amides is 2. The van der Waals surface area contributed by atoms with Gasteiger partial charge in [-0.3, -0.25) is 9.59 Å². The average molecular weight is 592 g/mol. The number of phenolic OH excluding ortho intramolecular Hbond substituents is 1. The number of rotatable bonds is 9. The summed E-state index contributed by atoms with van der Waals surface area (Å²) in [6, 6.07) is 5.07. The maximum atomic E-state index is 13.1. The van der Waals surface area contributed by atoms with Gasteiger partial charge in [-0.15, -0.1) is 0 Å². The van der Waals surface area contributed by atoms with E-state index in [2.05, 4.69) is 42.5 Å². The number of benzene rings is 1. The van der Waals surface area contributed by atoms with Crippen LogP contribution in [0.2, 0.25) is 0 Å². The molecule has 1 aromatic rings. The number of aromatic hydroxyl groups is 1. The third kappa shape index (κ3) is 12.2. The van der Waals surface area contributed by atoms with Crippen LogP contribution in [0.5, 0.6) is 5.75 Å². The van der Waals surface area contributed by atoms with Crippen LogP contribution in [0.3, 0.4) is 0 Å². The summed E-state index contributed by atoms with van der Waals surface area (Å²) in [5.41, 5.74) is 6.34. The molecule has 2 bridgehead atoms. The largest absolute Gasteiger partial charge is 0.508 e. The highest BCUT2D eigenvalue weighted by Gasteiger charge is 2.32. The van der Waals surface area contributed by atoms with Crippen molar-refractivity contribution in [3.05, 3.63) is 29.8 Å². The lowest BCUT2D eigenvalue weighted by atomic mass is 9.97. The molecule has 0 aliphatic carbocycles. The monoisotopic (exact) mass is 591 g/mol. The van der Waals surface area contributed by atoms with Gasteiger partial charge in [0, 0.05) is 97.8 Å². The predicted molar refractivity (Wildman–Crippen MR) is 160 cm³/mol. The Morgan fingerprint density at radius 3 is 1.69 bits per heavy atom. The molecule has 12 N–H and O–H groups in total. The zero-order chi connectivity index (χ0) is 30.3. The Labute approximate surface area is 247 Å². The lowest BCUT2D eigenvalue weighted by molar-refractivity contribution is -0.141. The maximum Gasteiger partial charge on any atom is 0.326 e. The van der Waals surface area contributed by atoms with Gasteiger partial charge in [0.15, 0.2) is 0 Å². The van der Waals surface area contributed by atoms with Crippen molar-refractivity contribution in [1.29, 1.82) is 0 Å². The fourth-order valence-electron chi connectivity index (χ4n) is 5.13. The first kappa shape index (κ1) is 33.6. The molecule has 1 aromatic carbocycles. The van der Waals surface area contributed by atoms with E-state index >= 15 is 0 Å². The van der Waals surface area contributed by atoms with Crippen LogP contribution < -0.4 is 48.3 Å². The van der Waals surface area contributed by atoms with E-state index in [0.717, 1.165) is 19.6 Å². The highest BCUT2D eigenvalue weighted by atomic mass is 16.4. The van der Waals surface area contributed by atoms with Crippen LogP contribution in [-0.2, 0) is 20.8 Å². The Kier molecular flexibility index (Phi) is 13.9. The lowest BCUT2D eigenvalue weighted by Gasteiger charge is -2.37. The summed E-state index contributed by atoms with van der Waals surface area (Å²) in [5.74, 6) is -1.66. The van der Waals surface area contributed by atoms with Gasteiger partial charge in [0.25, 0.3) is 0 Å². The standard InChI is InChI=1S/C28H49N9O5/c29-27-15-30-8-11-33-18-28(19-34-12-9-31-16-27,20-35-13-10-32-17-27)37-25(40)3-1-2-24(39)36-23(26(41)42)14-21-4-6-22(38)7-5-21/h4-7,23,30-35,38H,1-3,8-20,29H2,(H,36,39)(H,37,40)(H,41,42)/t23-,27?,28?/m0/s1. The molecule has 3 aliphatic rings. The van der Waals surface area contributed by atoms with E-state index in [4.69, 9.17) is 5.73 Å². The molecular weight excluding hydrogens is 542 g/mol. The molecule has 236 valence electrons. The highest BCUT2D eigenvalue weighted by Crippen LogP contribution is 2.12. The first-order valence-electron chi connectivity index (χ1n) is 14.8. The van der Waals surface area contributed by atoms with Gasteiger partial charge in [0.2, 0.25) is 11.8 Å². The van der Waals surface area contributed by atoms with E-state index in [-0.39, 0.29) is 37.3 Å². The van der Waals surface area contributed by atoms with Crippen LogP contribution in [0, 0.1) is 0 Å². The Balaban J connectivity index is 1.54. The molecule has 2 amide bonds. The summed E-state index contributed by atoms with van der Waals surface area (Å²) in [6.07, 6.45) is 0.533. The number of nitrogens with two attached hydrogens (primary N) is 1. The molecule has 3 saturated heterocycles. The number of carboxylic acid groups (broad SMARTS) is 1. The number of hydrogen-bond acceptors (Lipinski definition) is 11. The van der Waals surface area contributed by atoms with Crippen LogP contribution in [0.25, 0.3) is 0 Å². The number of carbonyl (C=O) groups excluding carboxylic acids is 2. The fraction of sp³-hybridized carbons (Fsp3) is 0.679. The maximum absolute atomic E-state index is 13.1. The number of aliphatic carboxylic acids is 1. The summed E-state index contributed by atoms with van der Waals surface area (Å²) in [5, 5.41) is 45.5. The van der Waals surface area contributed by atoms with E-state index in [1.165, 1.54) is 12.1 Å². The van der Waals surface area contributed by atoms with E-state index < -0.39 is 29.0 Å².